The maximum Gasteiger partial charge on any atom is 0.113 e. The Hall–Kier alpha value is -1.13. The molecule has 0 aliphatic rings. The van der Waals surface area contributed by atoms with Crippen molar-refractivity contribution >= 4 is 11.3 Å². The highest BCUT2D eigenvalue weighted by molar-refractivity contribution is 7.10. The van der Waals surface area contributed by atoms with Crippen molar-refractivity contribution in [2.24, 2.45) is 0 Å². The molecule has 0 bridgehead atoms. The van der Waals surface area contributed by atoms with Gasteiger partial charge in [-0.05, 0) is 31.0 Å². The Morgan fingerprint density at radius 1 is 1.50 bits per heavy atom. The van der Waals surface area contributed by atoms with Crippen molar-refractivity contribution < 1.29 is 0 Å². The molecule has 0 radical (unpaired) electrons. The first-order chi connectivity index (χ1) is 7.83. The summed E-state index contributed by atoms with van der Waals surface area (Å²) in [6.45, 7) is 4.08. The average molecular weight is 235 g/mol. The standard InChI is InChI=1S/C12H17N3S/c1-3-15-5-4-14-12(15)7-11-6-10(8-13-2)9-16-11/h4-6,9,13H,3,7-8H2,1-2H3. The van der Waals surface area contributed by atoms with Crippen LogP contribution in [-0.4, -0.2) is 16.6 Å². The molecule has 2 aromatic rings. The molecule has 0 saturated heterocycles. The molecule has 1 N–H and O–H groups in total. The fourth-order valence-corrected chi connectivity index (χ4v) is 2.65. The van der Waals surface area contributed by atoms with Gasteiger partial charge in [-0.2, -0.15) is 0 Å². The third-order valence-electron chi connectivity index (χ3n) is 2.56. The van der Waals surface area contributed by atoms with Crippen LogP contribution in [0.2, 0.25) is 0 Å². The largest absolute Gasteiger partial charge is 0.335 e. The molecule has 0 amide bonds. The van der Waals surface area contributed by atoms with Crippen LogP contribution in [0.15, 0.2) is 23.8 Å². The Labute approximate surface area is 100 Å². The van der Waals surface area contributed by atoms with Crippen LogP contribution < -0.4 is 5.32 Å². The van der Waals surface area contributed by atoms with E-state index in [2.05, 4.69) is 33.2 Å². The van der Waals surface area contributed by atoms with E-state index in [0.29, 0.717) is 0 Å². The van der Waals surface area contributed by atoms with Crippen LogP contribution >= 0.6 is 11.3 Å². The van der Waals surface area contributed by atoms with Crippen LogP contribution in [0.5, 0.6) is 0 Å². The fraction of sp³-hybridized carbons (Fsp3) is 0.417. The number of nitrogens with one attached hydrogen (secondary N) is 1. The molecule has 0 atom stereocenters. The lowest BCUT2D eigenvalue weighted by molar-refractivity contribution is 0.714. The van der Waals surface area contributed by atoms with E-state index in [-0.39, 0.29) is 0 Å². The van der Waals surface area contributed by atoms with Gasteiger partial charge in [-0.15, -0.1) is 11.3 Å². The van der Waals surface area contributed by atoms with E-state index in [1.54, 1.807) is 0 Å². The van der Waals surface area contributed by atoms with Gasteiger partial charge >= 0.3 is 0 Å². The molecule has 2 rings (SSSR count). The highest BCUT2D eigenvalue weighted by Gasteiger charge is 2.05. The molecule has 0 saturated carbocycles. The number of imidazole rings is 1. The lowest BCUT2D eigenvalue weighted by Gasteiger charge is -2.02. The van der Waals surface area contributed by atoms with Gasteiger partial charge in [-0.25, -0.2) is 4.98 Å². The first-order valence-corrected chi connectivity index (χ1v) is 6.42. The summed E-state index contributed by atoms with van der Waals surface area (Å²) < 4.78 is 2.19. The smallest absolute Gasteiger partial charge is 0.113 e. The van der Waals surface area contributed by atoms with E-state index in [1.165, 1.54) is 10.4 Å². The van der Waals surface area contributed by atoms with Gasteiger partial charge in [0, 0.05) is 36.8 Å². The molecule has 3 nitrogen and oxygen atoms in total. The minimum absolute atomic E-state index is 0.940. The van der Waals surface area contributed by atoms with Gasteiger partial charge in [-0.3, -0.25) is 0 Å². The molecule has 0 aromatic carbocycles. The van der Waals surface area contributed by atoms with Crippen LogP contribution in [0, 0.1) is 0 Å². The number of hydrogen-bond acceptors (Lipinski definition) is 3. The minimum Gasteiger partial charge on any atom is -0.335 e. The molecule has 0 unspecified atom stereocenters. The third-order valence-corrected chi connectivity index (χ3v) is 3.55. The summed E-state index contributed by atoms with van der Waals surface area (Å²) in [6.07, 6.45) is 4.85. The fourth-order valence-electron chi connectivity index (χ4n) is 1.77. The maximum atomic E-state index is 4.39. The Morgan fingerprint density at radius 2 is 2.38 bits per heavy atom. The number of rotatable bonds is 5. The first-order valence-electron chi connectivity index (χ1n) is 5.54. The van der Waals surface area contributed by atoms with Crippen LogP contribution in [0.4, 0.5) is 0 Å². The lowest BCUT2D eigenvalue weighted by Crippen LogP contribution is -2.03. The Bertz CT molecular complexity index is 445. The maximum absolute atomic E-state index is 4.39. The van der Waals surface area contributed by atoms with E-state index in [4.69, 9.17) is 0 Å². The molecule has 0 aliphatic carbocycles. The Morgan fingerprint density at radius 3 is 3.12 bits per heavy atom. The monoisotopic (exact) mass is 235 g/mol. The number of nitrogens with zero attached hydrogens (tertiary/aromatic N) is 2. The van der Waals surface area contributed by atoms with E-state index in [9.17, 15) is 0 Å². The van der Waals surface area contributed by atoms with Gasteiger partial charge in [0.05, 0.1) is 0 Å². The van der Waals surface area contributed by atoms with Crippen molar-refractivity contribution in [2.45, 2.75) is 26.4 Å². The highest BCUT2D eigenvalue weighted by atomic mass is 32.1. The van der Waals surface area contributed by atoms with Crippen LogP contribution in [0.1, 0.15) is 23.2 Å². The summed E-state index contributed by atoms with van der Waals surface area (Å²) in [5.74, 6) is 1.15. The zero-order valence-electron chi connectivity index (χ0n) is 9.73. The zero-order chi connectivity index (χ0) is 11.4. The Kier molecular flexibility index (Phi) is 3.74. The second-order valence-electron chi connectivity index (χ2n) is 3.76. The molecule has 2 heterocycles. The second-order valence-corrected chi connectivity index (χ2v) is 4.75. The molecule has 86 valence electrons. The highest BCUT2D eigenvalue weighted by Crippen LogP contribution is 2.18. The molecule has 2 aromatic heterocycles. The molecule has 16 heavy (non-hydrogen) atoms. The number of thiophene rings is 1. The van der Waals surface area contributed by atoms with Gasteiger partial charge in [-0.1, -0.05) is 0 Å². The summed E-state index contributed by atoms with van der Waals surface area (Å²) in [4.78, 5) is 5.77. The summed E-state index contributed by atoms with van der Waals surface area (Å²) in [6, 6.07) is 2.26. The number of hydrogen-bond donors (Lipinski definition) is 1. The third kappa shape index (κ3) is 2.51. The predicted octanol–water partition coefficient (Wildman–Crippen LogP) is 2.27. The number of aromatic nitrogens is 2. The second kappa shape index (κ2) is 5.27. The van der Waals surface area contributed by atoms with Crippen molar-refractivity contribution in [2.75, 3.05) is 7.05 Å². The summed E-state index contributed by atoms with van der Waals surface area (Å²) in [7, 11) is 1.97. The SMILES string of the molecule is CCn1ccnc1Cc1cc(CNC)cs1. The van der Waals surface area contributed by atoms with Crippen molar-refractivity contribution in [1.82, 2.24) is 14.9 Å². The predicted molar refractivity (Wildman–Crippen MR) is 67.8 cm³/mol. The van der Waals surface area contributed by atoms with E-state index in [1.807, 2.05) is 30.8 Å². The van der Waals surface area contributed by atoms with E-state index in [0.717, 1.165) is 25.3 Å². The number of aryl methyl sites for hydroxylation is 1. The van der Waals surface area contributed by atoms with Crippen molar-refractivity contribution in [3.63, 3.8) is 0 Å². The molecule has 4 heteroatoms. The summed E-state index contributed by atoms with van der Waals surface area (Å²) in [5, 5.41) is 5.38. The van der Waals surface area contributed by atoms with E-state index >= 15 is 0 Å². The van der Waals surface area contributed by atoms with Crippen LogP contribution in [-0.2, 0) is 19.5 Å². The normalized spacial score (nSPS) is 10.9. The zero-order valence-corrected chi connectivity index (χ0v) is 10.5. The van der Waals surface area contributed by atoms with Gasteiger partial charge in [0.2, 0.25) is 0 Å². The van der Waals surface area contributed by atoms with Crippen LogP contribution in [0.3, 0.4) is 0 Å². The first kappa shape index (κ1) is 11.4. The molecule has 0 aliphatic heterocycles. The van der Waals surface area contributed by atoms with Crippen LogP contribution in [0.25, 0.3) is 0 Å². The minimum atomic E-state index is 0.940. The van der Waals surface area contributed by atoms with Gasteiger partial charge in [0.25, 0.3) is 0 Å². The topological polar surface area (TPSA) is 29.9 Å². The van der Waals surface area contributed by atoms with Crippen molar-refractivity contribution in [1.29, 1.82) is 0 Å². The Balaban J connectivity index is 2.08. The molecular formula is C12H17N3S. The molecular weight excluding hydrogens is 218 g/mol. The van der Waals surface area contributed by atoms with Crippen molar-refractivity contribution in [3.8, 4) is 0 Å². The summed E-state index contributed by atoms with van der Waals surface area (Å²) in [5.41, 5.74) is 1.36. The average Bonchev–Trinajstić information content (AvgIpc) is 2.89. The molecule has 0 fully saturated rings. The van der Waals surface area contributed by atoms with Gasteiger partial charge < -0.3 is 9.88 Å². The van der Waals surface area contributed by atoms with Gasteiger partial charge in [0.15, 0.2) is 0 Å². The molecule has 0 spiro atoms. The van der Waals surface area contributed by atoms with Crippen molar-refractivity contribution in [3.05, 3.63) is 40.1 Å². The quantitative estimate of drug-likeness (QED) is 0.861. The lowest BCUT2D eigenvalue weighted by atomic mass is 10.2. The van der Waals surface area contributed by atoms with Gasteiger partial charge in [0.1, 0.15) is 5.82 Å². The summed E-state index contributed by atoms with van der Waals surface area (Å²) >= 11 is 1.81. The van der Waals surface area contributed by atoms with E-state index < -0.39 is 0 Å².